The Bertz CT molecular complexity index is 629. The van der Waals surface area contributed by atoms with Crippen molar-refractivity contribution in [2.24, 2.45) is 0 Å². The van der Waals surface area contributed by atoms with Crippen LogP contribution in [0.2, 0.25) is 0 Å². The van der Waals surface area contributed by atoms with Gasteiger partial charge in [0.25, 0.3) is 0 Å². The summed E-state index contributed by atoms with van der Waals surface area (Å²) in [6, 6.07) is 7.51. The van der Waals surface area contributed by atoms with Crippen LogP contribution >= 0.6 is 0 Å². The highest BCUT2D eigenvalue weighted by Crippen LogP contribution is 2.34. The lowest BCUT2D eigenvalue weighted by Crippen LogP contribution is -2.34. The molecule has 0 radical (unpaired) electrons. The van der Waals surface area contributed by atoms with Gasteiger partial charge < -0.3 is 14.7 Å². The molecule has 1 aromatic carbocycles. The molecule has 0 amide bonds. The van der Waals surface area contributed by atoms with E-state index in [4.69, 9.17) is 4.74 Å². The van der Waals surface area contributed by atoms with Crippen LogP contribution < -0.4 is 4.74 Å². The number of carbonyl (C=O) groups is 1. The van der Waals surface area contributed by atoms with Gasteiger partial charge in [-0.3, -0.25) is 4.79 Å². The van der Waals surface area contributed by atoms with Crippen molar-refractivity contribution in [1.29, 1.82) is 0 Å². The molecule has 0 aromatic heterocycles. The van der Waals surface area contributed by atoms with Crippen LogP contribution in [0.3, 0.4) is 0 Å². The van der Waals surface area contributed by atoms with Gasteiger partial charge in [0.1, 0.15) is 11.2 Å². The minimum Gasteiger partial charge on any atom is -0.494 e. The van der Waals surface area contributed by atoms with Crippen LogP contribution in [-0.2, 0) is 10.2 Å². The molecule has 4 heteroatoms. The van der Waals surface area contributed by atoms with Crippen molar-refractivity contribution >= 4 is 5.97 Å². The van der Waals surface area contributed by atoms with Crippen LogP contribution in [0.15, 0.2) is 48.6 Å². The number of carboxylic acids is 1. The molecule has 1 aliphatic carbocycles. The Kier molecular flexibility index (Phi) is 5.92. The van der Waals surface area contributed by atoms with E-state index in [-0.39, 0.29) is 0 Å². The van der Waals surface area contributed by atoms with Crippen molar-refractivity contribution in [1.82, 2.24) is 4.90 Å². The molecular formula is C21H27NO3. The number of ether oxygens (including phenoxy) is 1. The van der Waals surface area contributed by atoms with Gasteiger partial charge in [0.2, 0.25) is 0 Å². The molecule has 25 heavy (non-hydrogen) atoms. The Hall–Kier alpha value is -2.07. The molecule has 1 saturated heterocycles. The zero-order valence-corrected chi connectivity index (χ0v) is 14.7. The lowest BCUT2D eigenvalue weighted by Gasteiger charge is -2.27. The average Bonchev–Trinajstić information content (AvgIpc) is 2.67. The van der Waals surface area contributed by atoms with E-state index < -0.39 is 11.4 Å². The van der Waals surface area contributed by atoms with Crippen molar-refractivity contribution in [2.75, 3.05) is 26.2 Å². The maximum Gasteiger partial charge on any atom is 0.318 e. The third-order valence-electron chi connectivity index (χ3n) is 5.15. The lowest BCUT2D eigenvalue weighted by molar-refractivity contribution is -0.141. The summed E-state index contributed by atoms with van der Waals surface area (Å²) in [6.45, 7) is 4.22. The number of rotatable bonds is 7. The van der Waals surface area contributed by atoms with Crippen LogP contribution in [0.1, 0.15) is 37.7 Å². The number of carboxylic acid groups (broad SMARTS) is 1. The molecule has 1 unspecified atom stereocenters. The van der Waals surface area contributed by atoms with Gasteiger partial charge in [0, 0.05) is 6.54 Å². The Labute approximate surface area is 149 Å². The Balaban J connectivity index is 1.52. The highest BCUT2D eigenvalue weighted by atomic mass is 16.5. The topological polar surface area (TPSA) is 49.8 Å². The lowest BCUT2D eigenvalue weighted by atomic mass is 9.75. The first-order valence-corrected chi connectivity index (χ1v) is 9.24. The first-order chi connectivity index (χ1) is 12.2. The fourth-order valence-corrected chi connectivity index (χ4v) is 3.63. The van der Waals surface area contributed by atoms with E-state index in [2.05, 4.69) is 4.90 Å². The second kappa shape index (κ2) is 8.34. The van der Waals surface area contributed by atoms with Gasteiger partial charge in [-0.1, -0.05) is 42.9 Å². The summed E-state index contributed by atoms with van der Waals surface area (Å²) < 4.78 is 5.83. The second-order valence-corrected chi connectivity index (χ2v) is 6.90. The molecule has 0 bridgehead atoms. The number of allylic oxidation sites excluding steroid dienone is 3. The fourth-order valence-electron chi connectivity index (χ4n) is 3.63. The van der Waals surface area contributed by atoms with Gasteiger partial charge in [-0.2, -0.15) is 0 Å². The van der Waals surface area contributed by atoms with E-state index in [1.807, 2.05) is 42.5 Å². The first kappa shape index (κ1) is 17.7. The minimum absolute atomic E-state index is 0.481. The summed E-state index contributed by atoms with van der Waals surface area (Å²) in [6.07, 6.45) is 12.9. The zero-order chi connectivity index (χ0) is 17.5. The molecule has 1 heterocycles. The summed E-state index contributed by atoms with van der Waals surface area (Å²) in [7, 11) is 0. The number of benzene rings is 1. The van der Waals surface area contributed by atoms with Gasteiger partial charge in [0.05, 0.1) is 6.61 Å². The van der Waals surface area contributed by atoms with Gasteiger partial charge >= 0.3 is 5.97 Å². The predicted octanol–water partition coefficient (Wildman–Crippen LogP) is 3.78. The van der Waals surface area contributed by atoms with Gasteiger partial charge in [-0.05, 0) is 56.5 Å². The number of hydrogen-bond acceptors (Lipinski definition) is 3. The molecule has 134 valence electrons. The molecule has 3 rings (SSSR count). The molecule has 1 fully saturated rings. The number of nitrogens with zero attached hydrogens (tertiary/aromatic N) is 1. The quantitative estimate of drug-likeness (QED) is 0.767. The van der Waals surface area contributed by atoms with Gasteiger partial charge in [-0.25, -0.2) is 0 Å². The molecule has 0 saturated carbocycles. The van der Waals surface area contributed by atoms with Crippen LogP contribution in [0.4, 0.5) is 0 Å². The number of aliphatic carboxylic acids is 1. The molecular weight excluding hydrogens is 314 g/mol. The molecule has 1 aromatic rings. The second-order valence-electron chi connectivity index (χ2n) is 6.90. The van der Waals surface area contributed by atoms with E-state index in [9.17, 15) is 9.90 Å². The van der Waals surface area contributed by atoms with Gasteiger partial charge in [-0.15, -0.1) is 0 Å². The normalized spacial score (nSPS) is 23.5. The van der Waals surface area contributed by atoms with Crippen molar-refractivity contribution in [3.05, 3.63) is 54.1 Å². The largest absolute Gasteiger partial charge is 0.494 e. The highest BCUT2D eigenvalue weighted by Gasteiger charge is 2.37. The summed E-state index contributed by atoms with van der Waals surface area (Å²) >= 11 is 0. The molecule has 2 aliphatic rings. The van der Waals surface area contributed by atoms with Crippen molar-refractivity contribution in [3.8, 4) is 5.75 Å². The summed E-state index contributed by atoms with van der Waals surface area (Å²) in [5.74, 6) is -0.0124. The maximum atomic E-state index is 11.8. The summed E-state index contributed by atoms with van der Waals surface area (Å²) in [5, 5.41) is 9.69. The zero-order valence-electron chi connectivity index (χ0n) is 14.7. The minimum atomic E-state index is -0.957. The van der Waals surface area contributed by atoms with Crippen LogP contribution in [0.5, 0.6) is 5.75 Å². The van der Waals surface area contributed by atoms with E-state index >= 15 is 0 Å². The fraction of sp³-hybridized carbons (Fsp3) is 0.476. The van der Waals surface area contributed by atoms with Crippen LogP contribution in [0, 0.1) is 0 Å². The SMILES string of the molecule is O=C(O)C1(c2ccc(OCCCN3CCCCC3)cc2)C=CC=CC1. The van der Waals surface area contributed by atoms with E-state index in [1.54, 1.807) is 6.08 Å². The van der Waals surface area contributed by atoms with E-state index in [1.165, 1.54) is 32.4 Å². The monoisotopic (exact) mass is 341 g/mol. The molecule has 1 aliphatic heterocycles. The van der Waals surface area contributed by atoms with E-state index in [0.717, 1.165) is 24.3 Å². The molecule has 4 nitrogen and oxygen atoms in total. The van der Waals surface area contributed by atoms with Gasteiger partial charge in [0.15, 0.2) is 0 Å². The number of likely N-dealkylation sites (tertiary alicyclic amines) is 1. The maximum absolute atomic E-state index is 11.8. The third kappa shape index (κ3) is 4.31. The van der Waals surface area contributed by atoms with Crippen molar-refractivity contribution in [3.63, 3.8) is 0 Å². The number of piperidine rings is 1. The smallest absolute Gasteiger partial charge is 0.318 e. The van der Waals surface area contributed by atoms with Crippen molar-refractivity contribution in [2.45, 2.75) is 37.5 Å². The standard InChI is InChI=1S/C21H27NO3/c23-20(24)21(12-3-1-4-13-21)18-8-10-19(11-9-18)25-17-7-16-22-14-5-2-6-15-22/h1,3-4,8-12H,2,5-7,13-17H2,(H,23,24). The predicted molar refractivity (Wildman–Crippen MR) is 99.1 cm³/mol. The molecule has 0 spiro atoms. The van der Waals surface area contributed by atoms with E-state index in [0.29, 0.717) is 13.0 Å². The Morgan fingerprint density at radius 3 is 2.52 bits per heavy atom. The summed E-state index contributed by atoms with van der Waals surface area (Å²) in [5.41, 5.74) is -0.164. The Morgan fingerprint density at radius 2 is 1.88 bits per heavy atom. The van der Waals surface area contributed by atoms with Crippen LogP contribution in [0.25, 0.3) is 0 Å². The molecule has 1 atom stereocenters. The highest BCUT2D eigenvalue weighted by molar-refractivity contribution is 5.85. The average molecular weight is 341 g/mol. The third-order valence-corrected chi connectivity index (χ3v) is 5.15. The summed E-state index contributed by atoms with van der Waals surface area (Å²) in [4.78, 5) is 14.3. The number of hydrogen-bond donors (Lipinski definition) is 1. The Morgan fingerprint density at radius 1 is 1.12 bits per heavy atom. The van der Waals surface area contributed by atoms with Crippen molar-refractivity contribution < 1.29 is 14.6 Å². The van der Waals surface area contributed by atoms with Crippen LogP contribution in [-0.4, -0.2) is 42.2 Å². The molecule has 1 N–H and O–H groups in total. The first-order valence-electron chi connectivity index (χ1n) is 9.24.